The van der Waals surface area contributed by atoms with Gasteiger partial charge >= 0.3 is 0 Å². The Morgan fingerprint density at radius 1 is 1.29 bits per heavy atom. The Balaban J connectivity index is 2.41. The van der Waals surface area contributed by atoms with Gasteiger partial charge in [-0.15, -0.1) is 0 Å². The van der Waals surface area contributed by atoms with Crippen molar-refractivity contribution < 1.29 is 5.11 Å². The zero-order valence-corrected chi connectivity index (χ0v) is 10.4. The Labute approximate surface area is 102 Å². The van der Waals surface area contributed by atoms with E-state index in [1.54, 1.807) is 6.20 Å². The third kappa shape index (κ3) is 2.47. The molecular formula is C15H19NO. The molecule has 2 rings (SSSR count). The predicted octanol–water partition coefficient (Wildman–Crippen LogP) is 3.70. The topological polar surface area (TPSA) is 33.1 Å². The normalized spacial score (nSPS) is 14.8. The largest absolute Gasteiger partial charge is 0.388 e. The second-order valence-electron chi connectivity index (χ2n) is 4.65. The quantitative estimate of drug-likeness (QED) is 0.867. The molecule has 90 valence electrons. The first-order valence-electron chi connectivity index (χ1n) is 6.24. The molecule has 2 aromatic rings. The average Bonchev–Trinajstić information content (AvgIpc) is 2.37. The molecule has 0 aliphatic rings. The van der Waals surface area contributed by atoms with Crippen LogP contribution < -0.4 is 0 Å². The molecule has 0 aliphatic heterocycles. The van der Waals surface area contributed by atoms with Crippen molar-refractivity contribution in [3.63, 3.8) is 0 Å². The maximum absolute atomic E-state index is 10.4. The number of nitrogens with zero attached hydrogens (tertiary/aromatic N) is 1. The van der Waals surface area contributed by atoms with Crippen LogP contribution in [0.2, 0.25) is 0 Å². The van der Waals surface area contributed by atoms with Crippen molar-refractivity contribution in [1.82, 2.24) is 4.98 Å². The van der Waals surface area contributed by atoms with Gasteiger partial charge in [-0.25, -0.2) is 0 Å². The molecule has 2 nitrogen and oxygen atoms in total. The molecule has 17 heavy (non-hydrogen) atoms. The van der Waals surface area contributed by atoms with E-state index in [2.05, 4.69) is 24.9 Å². The lowest BCUT2D eigenvalue weighted by Crippen LogP contribution is -2.09. The summed E-state index contributed by atoms with van der Waals surface area (Å²) in [7, 11) is 0. The van der Waals surface area contributed by atoms with Crippen LogP contribution in [0.25, 0.3) is 10.8 Å². The van der Waals surface area contributed by atoms with E-state index in [9.17, 15) is 5.11 Å². The van der Waals surface area contributed by atoms with Gasteiger partial charge in [0.15, 0.2) is 0 Å². The van der Waals surface area contributed by atoms with Gasteiger partial charge in [-0.2, -0.15) is 0 Å². The molecule has 1 aromatic carbocycles. The van der Waals surface area contributed by atoms with Crippen molar-refractivity contribution in [3.8, 4) is 0 Å². The zero-order valence-electron chi connectivity index (χ0n) is 10.4. The van der Waals surface area contributed by atoms with Gasteiger partial charge in [0.1, 0.15) is 0 Å². The molecule has 0 spiro atoms. The fourth-order valence-corrected chi connectivity index (χ4v) is 2.31. The molecule has 0 fully saturated rings. The maximum atomic E-state index is 10.4. The van der Waals surface area contributed by atoms with Crippen molar-refractivity contribution in [2.24, 2.45) is 5.92 Å². The van der Waals surface area contributed by atoms with E-state index in [1.807, 2.05) is 24.4 Å². The molecule has 0 saturated carbocycles. The summed E-state index contributed by atoms with van der Waals surface area (Å²) in [5.41, 5.74) is 0.997. The van der Waals surface area contributed by atoms with Crippen LogP contribution in [0.5, 0.6) is 0 Å². The van der Waals surface area contributed by atoms with Crippen molar-refractivity contribution in [1.29, 1.82) is 0 Å². The average molecular weight is 229 g/mol. The van der Waals surface area contributed by atoms with Gasteiger partial charge in [-0.1, -0.05) is 38.5 Å². The van der Waals surface area contributed by atoms with Gasteiger partial charge < -0.3 is 5.11 Å². The number of aliphatic hydroxyl groups is 1. The summed E-state index contributed by atoms with van der Waals surface area (Å²) < 4.78 is 0. The van der Waals surface area contributed by atoms with Crippen molar-refractivity contribution in [2.75, 3.05) is 0 Å². The molecule has 2 atom stereocenters. The number of fused-ring (bicyclic) bond motifs is 1. The minimum Gasteiger partial charge on any atom is -0.388 e. The van der Waals surface area contributed by atoms with Crippen molar-refractivity contribution >= 4 is 10.8 Å². The molecule has 2 heteroatoms. The van der Waals surface area contributed by atoms with Crippen molar-refractivity contribution in [3.05, 3.63) is 42.2 Å². The van der Waals surface area contributed by atoms with Crippen LogP contribution in [-0.4, -0.2) is 10.1 Å². The number of aromatic nitrogens is 1. The highest BCUT2D eigenvalue weighted by atomic mass is 16.3. The van der Waals surface area contributed by atoms with Gasteiger partial charge in [0.2, 0.25) is 0 Å². The van der Waals surface area contributed by atoms with Crippen LogP contribution in [0.4, 0.5) is 0 Å². The van der Waals surface area contributed by atoms with E-state index in [0.717, 1.165) is 29.2 Å². The Bertz CT molecular complexity index is 490. The molecule has 0 amide bonds. The Kier molecular flexibility index (Phi) is 3.75. The zero-order chi connectivity index (χ0) is 12.3. The summed E-state index contributed by atoms with van der Waals surface area (Å²) in [6.45, 7) is 4.25. The Morgan fingerprint density at radius 3 is 2.88 bits per heavy atom. The van der Waals surface area contributed by atoms with E-state index in [0.29, 0.717) is 0 Å². The molecule has 0 aliphatic carbocycles. The summed E-state index contributed by atoms with van der Waals surface area (Å²) >= 11 is 0. The smallest absolute Gasteiger partial charge is 0.0822 e. The van der Waals surface area contributed by atoms with Gasteiger partial charge in [0.05, 0.1) is 6.10 Å². The highest BCUT2D eigenvalue weighted by molar-refractivity contribution is 5.85. The minimum absolute atomic E-state index is 0.283. The van der Waals surface area contributed by atoms with Crippen LogP contribution in [0.1, 0.15) is 38.4 Å². The summed E-state index contributed by atoms with van der Waals surface area (Å²) in [5.74, 6) is 0.283. The van der Waals surface area contributed by atoms with Crippen LogP contribution in [-0.2, 0) is 0 Å². The summed E-state index contributed by atoms with van der Waals surface area (Å²) in [4.78, 5) is 4.15. The molecule has 1 aromatic heterocycles. The van der Waals surface area contributed by atoms with Gasteiger partial charge in [0.25, 0.3) is 0 Å². The molecule has 0 radical (unpaired) electrons. The number of pyridine rings is 1. The highest BCUT2D eigenvalue weighted by Gasteiger charge is 2.17. The minimum atomic E-state index is -0.400. The van der Waals surface area contributed by atoms with Gasteiger partial charge in [0, 0.05) is 17.8 Å². The summed E-state index contributed by atoms with van der Waals surface area (Å²) in [6, 6.07) is 8.04. The third-order valence-electron chi connectivity index (χ3n) is 3.32. The number of benzene rings is 1. The second kappa shape index (κ2) is 5.28. The lowest BCUT2D eigenvalue weighted by atomic mass is 9.91. The van der Waals surface area contributed by atoms with E-state index in [-0.39, 0.29) is 5.92 Å². The number of aliphatic hydroxyl groups excluding tert-OH is 1. The predicted molar refractivity (Wildman–Crippen MR) is 70.8 cm³/mol. The first-order chi connectivity index (χ1) is 8.24. The maximum Gasteiger partial charge on any atom is 0.0822 e. The third-order valence-corrected chi connectivity index (χ3v) is 3.32. The monoisotopic (exact) mass is 229 g/mol. The molecule has 0 saturated heterocycles. The number of hydrogen-bond donors (Lipinski definition) is 1. The molecular weight excluding hydrogens is 210 g/mol. The summed E-state index contributed by atoms with van der Waals surface area (Å²) in [5, 5.41) is 12.6. The van der Waals surface area contributed by atoms with Crippen LogP contribution in [0.3, 0.4) is 0 Å². The van der Waals surface area contributed by atoms with Crippen molar-refractivity contribution in [2.45, 2.75) is 32.8 Å². The highest BCUT2D eigenvalue weighted by Crippen LogP contribution is 2.30. The standard InChI is InChI=1S/C15H19NO/c1-3-5-11(2)15(17)13-7-4-6-12-8-9-16-10-14(12)13/h4,6-11,15,17H,3,5H2,1-2H3. The van der Waals surface area contributed by atoms with E-state index >= 15 is 0 Å². The van der Waals surface area contributed by atoms with Gasteiger partial charge in [-0.3, -0.25) is 4.98 Å². The Hall–Kier alpha value is -1.41. The van der Waals surface area contributed by atoms with Crippen LogP contribution in [0, 0.1) is 5.92 Å². The molecule has 2 unspecified atom stereocenters. The van der Waals surface area contributed by atoms with E-state index in [1.165, 1.54) is 0 Å². The summed E-state index contributed by atoms with van der Waals surface area (Å²) in [6.07, 6.45) is 5.36. The Morgan fingerprint density at radius 2 is 2.12 bits per heavy atom. The first kappa shape index (κ1) is 12.1. The fourth-order valence-electron chi connectivity index (χ4n) is 2.31. The van der Waals surface area contributed by atoms with Gasteiger partial charge in [-0.05, 0) is 29.4 Å². The van der Waals surface area contributed by atoms with Crippen LogP contribution >= 0.6 is 0 Å². The number of rotatable bonds is 4. The van der Waals surface area contributed by atoms with E-state index in [4.69, 9.17) is 0 Å². The fraction of sp³-hybridized carbons (Fsp3) is 0.400. The molecule has 0 bridgehead atoms. The lowest BCUT2D eigenvalue weighted by molar-refractivity contribution is 0.113. The molecule has 1 heterocycles. The SMILES string of the molecule is CCCC(C)C(O)c1cccc2ccncc12. The molecule has 1 N–H and O–H groups in total. The second-order valence-corrected chi connectivity index (χ2v) is 4.65. The van der Waals surface area contributed by atoms with E-state index < -0.39 is 6.10 Å². The van der Waals surface area contributed by atoms with Crippen LogP contribution in [0.15, 0.2) is 36.7 Å². The lowest BCUT2D eigenvalue weighted by Gasteiger charge is -2.20. The first-order valence-corrected chi connectivity index (χ1v) is 6.24. The number of hydrogen-bond acceptors (Lipinski definition) is 2.